The van der Waals surface area contributed by atoms with E-state index in [4.69, 9.17) is 4.74 Å². The number of benzene rings is 1. The summed E-state index contributed by atoms with van der Waals surface area (Å²) >= 11 is 0. The van der Waals surface area contributed by atoms with Gasteiger partial charge in [0.2, 0.25) is 0 Å². The van der Waals surface area contributed by atoms with Crippen molar-refractivity contribution in [1.29, 1.82) is 5.26 Å². The first-order valence-electron chi connectivity index (χ1n) is 9.07. The Kier molecular flexibility index (Phi) is 5.36. The van der Waals surface area contributed by atoms with Crippen LogP contribution in [0.5, 0.6) is 0 Å². The van der Waals surface area contributed by atoms with Crippen LogP contribution < -0.4 is 0 Å². The fourth-order valence-corrected chi connectivity index (χ4v) is 3.51. The van der Waals surface area contributed by atoms with E-state index < -0.39 is 17.6 Å². The highest BCUT2D eigenvalue weighted by molar-refractivity contribution is 5.95. The minimum absolute atomic E-state index is 0.304. The summed E-state index contributed by atoms with van der Waals surface area (Å²) < 4.78 is 5.36. The van der Waals surface area contributed by atoms with E-state index in [1.165, 1.54) is 11.8 Å². The zero-order valence-corrected chi connectivity index (χ0v) is 15.5. The smallest absolute Gasteiger partial charge is 0.338 e. The van der Waals surface area contributed by atoms with Crippen molar-refractivity contribution in [2.45, 2.75) is 50.7 Å². The lowest BCUT2D eigenvalue weighted by Gasteiger charge is -2.39. The molecule has 0 radical (unpaired) electrons. The van der Waals surface area contributed by atoms with Gasteiger partial charge in [0, 0.05) is 19.4 Å². The number of esters is 1. The van der Waals surface area contributed by atoms with Gasteiger partial charge in [-0.25, -0.2) is 4.79 Å². The second-order valence-electron chi connectivity index (χ2n) is 6.91. The Bertz CT molecular complexity index is 899. The van der Waals surface area contributed by atoms with E-state index >= 15 is 0 Å². The molecule has 1 atom stereocenters. The molecule has 0 aliphatic heterocycles. The van der Waals surface area contributed by atoms with Crippen molar-refractivity contribution in [3.8, 4) is 6.07 Å². The first kappa shape index (κ1) is 18.8. The number of ether oxygens (including phenoxy) is 1. The average Bonchev–Trinajstić information content (AvgIpc) is 2.72. The van der Waals surface area contributed by atoms with Crippen LogP contribution >= 0.6 is 0 Å². The molecule has 1 saturated carbocycles. The number of aromatic nitrogens is 2. The predicted octanol–water partition coefficient (Wildman–Crippen LogP) is 2.86. The molecule has 0 spiro atoms. The van der Waals surface area contributed by atoms with E-state index in [-0.39, 0.29) is 5.91 Å². The van der Waals surface area contributed by atoms with Crippen molar-refractivity contribution in [1.82, 2.24) is 14.9 Å². The Morgan fingerprint density at radius 2 is 1.85 bits per heavy atom. The third kappa shape index (κ3) is 3.75. The van der Waals surface area contributed by atoms with E-state index in [2.05, 4.69) is 16.0 Å². The van der Waals surface area contributed by atoms with E-state index in [1.807, 2.05) is 0 Å². The minimum Gasteiger partial charge on any atom is -0.449 e. The molecular formula is C20H22N4O3. The molecule has 1 heterocycles. The largest absolute Gasteiger partial charge is 0.449 e. The van der Waals surface area contributed by atoms with Crippen LogP contribution in [0.15, 0.2) is 30.6 Å². The van der Waals surface area contributed by atoms with Crippen molar-refractivity contribution in [3.05, 3.63) is 36.2 Å². The highest BCUT2D eigenvalue weighted by Crippen LogP contribution is 2.33. The molecule has 0 unspecified atom stereocenters. The van der Waals surface area contributed by atoms with Gasteiger partial charge in [0.1, 0.15) is 5.54 Å². The van der Waals surface area contributed by atoms with Crippen LogP contribution in [0.1, 0.15) is 49.4 Å². The molecule has 7 nitrogen and oxygen atoms in total. The molecule has 1 aliphatic carbocycles. The molecule has 3 rings (SSSR count). The second kappa shape index (κ2) is 7.70. The number of fused-ring (bicyclic) bond motifs is 1. The molecule has 7 heteroatoms. The molecule has 140 valence electrons. The summed E-state index contributed by atoms with van der Waals surface area (Å²) in [6, 6.07) is 7.17. The maximum atomic E-state index is 12.8. The van der Waals surface area contributed by atoms with Gasteiger partial charge in [-0.3, -0.25) is 14.8 Å². The Hall–Kier alpha value is -3.01. The lowest BCUT2D eigenvalue weighted by molar-refractivity contribution is -0.143. The third-order valence-electron chi connectivity index (χ3n) is 5.20. The number of rotatable bonds is 4. The minimum atomic E-state index is -0.979. The standard InChI is InChI=1S/C20H22N4O3/c1-14(18(25)24(2)20(13-21)8-4-3-5-9-20)27-19(26)15-6-7-16-17(12-15)23-11-10-22-16/h6-7,10-12,14H,3-5,8-9H2,1-2H3/t14-/m0/s1. The molecule has 1 amide bonds. The van der Waals surface area contributed by atoms with Gasteiger partial charge < -0.3 is 9.64 Å². The SMILES string of the molecule is C[C@H](OC(=O)c1ccc2nccnc2c1)C(=O)N(C)C1(C#N)CCCCC1. The molecule has 1 fully saturated rings. The van der Waals surface area contributed by atoms with Crippen LogP contribution in [0, 0.1) is 11.3 Å². The van der Waals surface area contributed by atoms with Crippen LogP contribution in [-0.4, -0.2) is 45.4 Å². The Balaban J connectivity index is 1.71. The Morgan fingerprint density at radius 1 is 1.19 bits per heavy atom. The number of carbonyl (C=O) groups is 2. The van der Waals surface area contributed by atoms with Gasteiger partial charge in [0.05, 0.1) is 22.7 Å². The van der Waals surface area contributed by atoms with Crippen LogP contribution in [0.3, 0.4) is 0 Å². The van der Waals surface area contributed by atoms with Crippen molar-refractivity contribution >= 4 is 22.9 Å². The van der Waals surface area contributed by atoms with E-state index in [9.17, 15) is 14.9 Å². The van der Waals surface area contributed by atoms with Crippen LogP contribution in [0.25, 0.3) is 11.0 Å². The molecular weight excluding hydrogens is 344 g/mol. The molecule has 0 N–H and O–H groups in total. The predicted molar refractivity (Wildman–Crippen MR) is 98.6 cm³/mol. The van der Waals surface area contributed by atoms with Crippen LogP contribution in [-0.2, 0) is 9.53 Å². The van der Waals surface area contributed by atoms with Gasteiger partial charge in [0.25, 0.3) is 5.91 Å². The topological polar surface area (TPSA) is 96.2 Å². The van der Waals surface area contributed by atoms with Crippen molar-refractivity contribution in [2.75, 3.05) is 7.05 Å². The highest BCUT2D eigenvalue weighted by atomic mass is 16.5. The molecule has 27 heavy (non-hydrogen) atoms. The summed E-state index contributed by atoms with van der Waals surface area (Å²) in [5.74, 6) is -0.973. The molecule has 1 aromatic heterocycles. The zero-order valence-electron chi connectivity index (χ0n) is 15.5. The number of hydrogen-bond acceptors (Lipinski definition) is 6. The van der Waals surface area contributed by atoms with E-state index in [0.717, 1.165) is 19.3 Å². The summed E-state index contributed by atoms with van der Waals surface area (Å²) in [5, 5.41) is 9.64. The number of amides is 1. The first-order valence-corrected chi connectivity index (χ1v) is 9.07. The third-order valence-corrected chi connectivity index (χ3v) is 5.20. The summed E-state index contributed by atoms with van der Waals surface area (Å²) in [6.45, 7) is 1.53. The summed E-state index contributed by atoms with van der Waals surface area (Å²) in [7, 11) is 1.62. The summed E-state index contributed by atoms with van der Waals surface area (Å²) in [6.07, 6.45) is 6.34. The number of carbonyl (C=O) groups excluding carboxylic acids is 2. The van der Waals surface area contributed by atoms with Crippen molar-refractivity contribution in [2.24, 2.45) is 0 Å². The average molecular weight is 366 g/mol. The summed E-state index contributed by atoms with van der Waals surface area (Å²) in [5.41, 5.74) is 0.743. The molecule has 0 saturated heterocycles. The Morgan fingerprint density at radius 3 is 2.52 bits per heavy atom. The van der Waals surface area contributed by atoms with Gasteiger partial charge in [0.15, 0.2) is 6.10 Å². The molecule has 2 aromatic rings. The normalized spacial score (nSPS) is 16.9. The monoisotopic (exact) mass is 366 g/mol. The van der Waals surface area contributed by atoms with E-state index in [1.54, 1.807) is 37.6 Å². The number of hydrogen-bond donors (Lipinski definition) is 0. The second-order valence-corrected chi connectivity index (χ2v) is 6.91. The maximum Gasteiger partial charge on any atom is 0.338 e. The maximum absolute atomic E-state index is 12.8. The van der Waals surface area contributed by atoms with Crippen LogP contribution in [0.2, 0.25) is 0 Å². The molecule has 0 bridgehead atoms. The van der Waals surface area contributed by atoms with Gasteiger partial charge in [-0.2, -0.15) is 5.26 Å². The molecule has 1 aliphatic rings. The van der Waals surface area contributed by atoms with E-state index in [0.29, 0.717) is 29.4 Å². The highest BCUT2D eigenvalue weighted by Gasteiger charge is 2.40. The lowest BCUT2D eigenvalue weighted by Crippen LogP contribution is -2.53. The number of likely N-dealkylation sites (N-methyl/N-ethyl adjacent to an activating group) is 1. The number of nitriles is 1. The molecule has 1 aromatic carbocycles. The van der Waals surface area contributed by atoms with Crippen molar-refractivity contribution < 1.29 is 14.3 Å². The van der Waals surface area contributed by atoms with Gasteiger partial charge >= 0.3 is 5.97 Å². The van der Waals surface area contributed by atoms with Crippen LogP contribution in [0.4, 0.5) is 0 Å². The van der Waals surface area contributed by atoms with Gasteiger partial charge in [-0.05, 0) is 38.0 Å². The van der Waals surface area contributed by atoms with Gasteiger partial charge in [-0.1, -0.05) is 19.3 Å². The first-order chi connectivity index (χ1) is 13.0. The fraction of sp³-hybridized carbons (Fsp3) is 0.450. The quantitative estimate of drug-likeness (QED) is 0.772. The zero-order chi connectivity index (χ0) is 19.4. The Labute approximate surface area is 158 Å². The number of nitrogens with zero attached hydrogens (tertiary/aromatic N) is 4. The lowest BCUT2D eigenvalue weighted by atomic mass is 9.81. The van der Waals surface area contributed by atoms with Gasteiger partial charge in [-0.15, -0.1) is 0 Å². The van der Waals surface area contributed by atoms with Crippen molar-refractivity contribution in [3.63, 3.8) is 0 Å². The summed E-state index contributed by atoms with van der Waals surface area (Å²) in [4.78, 5) is 35.0. The fourth-order valence-electron chi connectivity index (χ4n) is 3.51.